The number of benzene rings is 1. The van der Waals surface area contributed by atoms with Crippen LogP contribution in [0.25, 0.3) is 11.0 Å². The van der Waals surface area contributed by atoms with E-state index in [4.69, 9.17) is 4.42 Å². The lowest BCUT2D eigenvalue weighted by molar-refractivity contribution is 0.535. The van der Waals surface area contributed by atoms with Crippen LogP contribution in [0.2, 0.25) is 0 Å². The molecular weight excluding hydrogens is 236 g/mol. The Kier molecular flexibility index (Phi) is 5.28. The Balaban J connectivity index is 0.000000771. The first-order valence-electron chi connectivity index (χ1n) is 6.14. The van der Waals surface area contributed by atoms with Crippen molar-refractivity contribution in [1.29, 1.82) is 0 Å². The van der Waals surface area contributed by atoms with E-state index in [0.717, 1.165) is 11.8 Å². The van der Waals surface area contributed by atoms with Crippen LogP contribution in [-0.2, 0) is 6.42 Å². The molecule has 1 atom stereocenters. The number of halogens is 2. The molecule has 0 fully saturated rings. The summed E-state index contributed by atoms with van der Waals surface area (Å²) in [6.07, 6.45) is 1.58. The maximum absolute atomic E-state index is 13.5. The van der Waals surface area contributed by atoms with Crippen molar-refractivity contribution in [2.75, 3.05) is 7.05 Å². The van der Waals surface area contributed by atoms with E-state index in [-0.39, 0.29) is 17.0 Å². The molecule has 0 saturated heterocycles. The van der Waals surface area contributed by atoms with Crippen LogP contribution in [0.15, 0.2) is 22.8 Å². The topological polar surface area (TPSA) is 25.2 Å². The van der Waals surface area contributed by atoms with E-state index in [2.05, 4.69) is 5.32 Å². The maximum Gasteiger partial charge on any atom is 0.172 e. The predicted octanol–water partition coefficient (Wildman–Crippen LogP) is 3.89. The smallest absolute Gasteiger partial charge is 0.172 e. The molecule has 0 amide bonds. The van der Waals surface area contributed by atoms with Gasteiger partial charge < -0.3 is 9.73 Å². The van der Waals surface area contributed by atoms with E-state index in [1.165, 1.54) is 6.07 Å². The van der Waals surface area contributed by atoms with Crippen LogP contribution in [0, 0.1) is 11.6 Å². The normalized spacial score (nSPS) is 12.1. The minimum Gasteiger partial charge on any atom is -0.458 e. The Labute approximate surface area is 106 Å². The summed E-state index contributed by atoms with van der Waals surface area (Å²) in [6.45, 7) is 5.98. The highest BCUT2D eigenvalue weighted by Crippen LogP contribution is 2.24. The van der Waals surface area contributed by atoms with Crippen molar-refractivity contribution in [1.82, 2.24) is 5.32 Å². The van der Waals surface area contributed by atoms with Crippen LogP contribution in [0.5, 0.6) is 0 Å². The van der Waals surface area contributed by atoms with Crippen LogP contribution < -0.4 is 5.32 Å². The van der Waals surface area contributed by atoms with Crippen LogP contribution in [0.4, 0.5) is 8.78 Å². The minimum absolute atomic E-state index is 0.0154. The highest BCUT2D eigenvalue weighted by Gasteiger charge is 2.12. The summed E-state index contributed by atoms with van der Waals surface area (Å²) in [4.78, 5) is 0. The van der Waals surface area contributed by atoms with Crippen molar-refractivity contribution in [2.24, 2.45) is 0 Å². The summed E-state index contributed by atoms with van der Waals surface area (Å²) >= 11 is 0. The number of nitrogens with one attached hydrogen (secondary N) is 1. The molecule has 2 nitrogen and oxygen atoms in total. The Morgan fingerprint density at radius 3 is 2.50 bits per heavy atom. The maximum atomic E-state index is 13.5. The Hall–Kier alpha value is -1.42. The van der Waals surface area contributed by atoms with Crippen molar-refractivity contribution in [2.45, 2.75) is 33.2 Å². The second-order valence-corrected chi connectivity index (χ2v) is 3.93. The van der Waals surface area contributed by atoms with Gasteiger partial charge in [0.2, 0.25) is 0 Å². The lowest BCUT2D eigenvalue weighted by Crippen LogP contribution is -2.23. The summed E-state index contributed by atoms with van der Waals surface area (Å²) in [6, 6.07) is 3.23. The van der Waals surface area contributed by atoms with E-state index in [1.807, 2.05) is 27.8 Å². The summed E-state index contributed by atoms with van der Waals surface area (Å²) < 4.78 is 31.6. The molecule has 0 spiro atoms. The van der Waals surface area contributed by atoms with Crippen molar-refractivity contribution in [3.8, 4) is 0 Å². The SMILES string of the molecule is CC.CNC(C)Cc1cc(F)c2occ(F)c2c1. The van der Waals surface area contributed by atoms with Gasteiger partial charge in [0.05, 0.1) is 5.39 Å². The molecule has 2 rings (SSSR count). The summed E-state index contributed by atoms with van der Waals surface area (Å²) in [7, 11) is 1.83. The van der Waals surface area contributed by atoms with Gasteiger partial charge in [-0.15, -0.1) is 0 Å². The van der Waals surface area contributed by atoms with Crippen molar-refractivity contribution in [3.05, 3.63) is 35.6 Å². The van der Waals surface area contributed by atoms with Crippen molar-refractivity contribution < 1.29 is 13.2 Å². The molecule has 18 heavy (non-hydrogen) atoms. The van der Waals surface area contributed by atoms with Gasteiger partial charge in [-0.2, -0.15) is 0 Å². The number of likely N-dealkylation sites (N-methyl/N-ethyl adjacent to an activating group) is 1. The lowest BCUT2D eigenvalue weighted by Gasteiger charge is -2.09. The van der Waals surface area contributed by atoms with Gasteiger partial charge in [0.25, 0.3) is 0 Å². The quantitative estimate of drug-likeness (QED) is 0.900. The van der Waals surface area contributed by atoms with Gasteiger partial charge >= 0.3 is 0 Å². The van der Waals surface area contributed by atoms with Crippen molar-refractivity contribution >= 4 is 11.0 Å². The van der Waals surface area contributed by atoms with Gasteiger partial charge in [-0.05, 0) is 38.1 Å². The van der Waals surface area contributed by atoms with Crippen LogP contribution in [-0.4, -0.2) is 13.1 Å². The van der Waals surface area contributed by atoms with Crippen LogP contribution in [0.3, 0.4) is 0 Å². The third-order valence-electron chi connectivity index (χ3n) is 2.68. The minimum atomic E-state index is -0.520. The molecule has 2 aromatic rings. The van der Waals surface area contributed by atoms with Crippen molar-refractivity contribution in [3.63, 3.8) is 0 Å². The van der Waals surface area contributed by atoms with E-state index in [9.17, 15) is 8.78 Å². The third-order valence-corrected chi connectivity index (χ3v) is 2.68. The first-order valence-corrected chi connectivity index (χ1v) is 6.14. The molecule has 4 heteroatoms. The summed E-state index contributed by atoms with van der Waals surface area (Å²) in [5, 5.41) is 3.26. The highest BCUT2D eigenvalue weighted by atomic mass is 19.1. The van der Waals surface area contributed by atoms with Gasteiger partial charge in [0, 0.05) is 6.04 Å². The largest absolute Gasteiger partial charge is 0.458 e. The number of hydrogen-bond donors (Lipinski definition) is 1. The van der Waals surface area contributed by atoms with Gasteiger partial charge in [-0.3, -0.25) is 0 Å². The average Bonchev–Trinajstić information content (AvgIpc) is 2.74. The molecule has 0 aliphatic rings. The zero-order chi connectivity index (χ0) is 13.7. The predicted molar refractivity (Wildman–Crippen MR) is 69.7 cm³/mol. The van der Waals surface area contributed by atoms with E-state index in [1.54, 1.807) is 6.07 Å². The Morgan fingerprint density at radius 2 is 1.89 bits per heavy atom. The molecule has 1 heterocycles. The van der Waals surface area contributed by atoms with E-state index < -0.39 is 11.6 Å². The van der Waals surface area contributed by atoms with Gasteiger partial charge in [0.1, 0.15) is 6.26 Å². The van der Waals surface area contributed by atoms with Gasteiger partial charge in [0.15, 0.2) is 17.2 Å². The summed E-state index contributed by atoms with van der Waals surface area (Å²) in [5.41, 5.74) is 0.741. The molecule has 0 radical (unpaired) electrons. The van der Waals surface area contributed by atoms with Gasteiger partial charge in [-0.25, -0.2) is 8.78 Å². The fourth-order valence-electron chi connectivity index (χ4n) is 1.69. The first-order chi connectivity index (χ1) is 8.61. The monoisotopic (exact) mass is 255 g/mol. The average molecular weight is 255 g/mol. The fraction of sp³-hybridized carbons (Fsp3) is 0.429. The molecule has 0 saturated carbocycles. The first kappa shape index (κ1) is 14.6. The Morgan fingerprint density at radius 1 is 1.22 bits per heavy atom. The molecule has 1 aromatic carbocycles. The van der Waals surface area contributed by atoms with Crippen LogP contribution >= 0.6 is 0 Å². The summed E-state index contributed by atoms with van der Waals surface area (Å²) in [5.74, 6) is -1.03. The Bertz CT molecular complexity index is 508. The molecule has 0 aliphatic carbocycles. The molecule has 0 aliphatic heterocycles. The molecule has 0 bridgehead atoms. The molecular formula is C14H19F2NO. The van der Waals surface area contributed by atoms with Gasteiger partial charge in [-0.1, -0.05) is 13.8 Å². The second kappa shape index (κ2) is 6.50. The third kappa shape index (κ3) is 3.07. The second-order valence-electron chi connectivity index (χ2n) is 3.93. The molecule has 1 N–H and O–H groups in total. The van der Waals surface area contributed by atoms with E-state index in [0.29, 0.717) is 6.42 Å². The zero-order valence-corrected chi connectivity index (χ0v) is 11.2. The number of rotatable bonds is 3. The lowest BCUT2D eigenvalue weighted by atomic mass is 10.1. The number of fused-ring (bicyclic) bond motifs is 1. The fourth-order valence-corrected chi connectivity index (χ4v) is 1.69. The number of hydrogen-bond acceptors (Lipinski definition) is 2. The van der Waals surface area contributed by atoms with E-state index >= 15 is 0 Å². The molecule has 100 valence electrons. The number of furan rings is 1. The highest BCUT2D eigenvalue weighted by molar-refractivity contribution is 5.79. The molecule has 1 aromatic heterocycles. The zero-order valence-electron chi connectivity index (χ0n) is 11.2. The van der Waals surface area contributed by atoms with Crippen LogP contribution in [0.1, 0.15) is 26.3 Å². The standard InChI is InChI=1S/C12H13F2NO.C2H6/c1-7(15-2)3-8-4-9-11(14)6-16-12(9)10(13)5-8;1-2/h4-7,15H,3H2,1-2H3;1-2H3. The molecule has 1 unspecified atom stereocenters.